The van der Waals surface area contributed by atoms with Gasteiger partial charge in [-0.05, 0) is 25.0 Å². The van der Waals surface area contributed by atoms with Crippen molar-refractivity contribution in [2.24, 2.45) is 0 Å². The molecule has 1 N–H and O–H groups in total. The molecule has 0 saturated carbocycles. The fraction of sp³-hybridized carbons (Fsp3) is 0.500. The molecule has 19 heavy (non-hydrogen) atoms. The standard InChI is InChI=1S/C12H13Cl2F2NO2/c13-9-4-7(17-6-8-2-1-3-18-8)5-10(14)11(9)19-12(15)16/h4-5,8,12,17H,1-3,6H2. The summed E-state index contributed by atoms with van der Waals surface area (Å²) in [5.41, 5.74) is 0.645. The molecule has 0 aromatic heterocycles. The molecule has 1 aliphatic rings. The molecule has 3 nitrogen and oxygen atoms in total. The average molecular weight is 312 g/mol. The van der Waals surface area contributed by atoms with Crippen molar-refractivity contribution < 1.29 is 18.3 Å². The van der Waals surface area contributed by atoms with Gasteiger partial charge in [-0.2, -0.15) is 8.78 Å². The Morgan fingerprint density at radius 3 is 2.58 bits per heavy atom. The first-order chi connectivity index (χ1) is 9.06. The Balaban J connectivity index is 2.01. The molecule has 2 rings (SSSR count). The minimum Gasteiger partial charge on any atom is -0.432 e. The van der Waals surface area contributed by atoms with Crippen molar-refractivity contribution in [1.82, 2.24) is 0 Å². The Morgan fingerprint density at radius 1 is 1.37 bits per heavy atom. The van der Waals surface area contributed by atoms with Crippen molar-refractivity contribution in [1.29, 1.82) is 0 Å². The second-order valence-corrected chi connectivity index (χ2v) is 4.98. The summed E-state index contributed by atoms with van der Waals surface area (Å²) in [5.74, 6) is -0.207. The third kappa shape index (κ3) is 4.09. The maximum Gasteiger partial charge on any atom is 0.387 e. The lowest BCUT2D eigenvalue weighted by molar-refractivity contribution is -0.0497. The highest BCUT2D eigenvalue weighted by molar-refractivity contribution is 6.37. The molecule has 1 fully saturated rings. The SMILES string of the molecule is FC(F)Oc1c(Cl)cc(NCC2CCCO2)cc1Cl. The van der Waals surface area contributed by atoms with Crippen LogP contribution in [0.1, 0.15) is 12.8 Å². The Kier molecular flexibility index (Phi) is 5.07. The second kappa shape index (κ2) is 6.59. The number of nitrogens with one attached hydrogen (secondary N) is 1. The van der Waals surface area contributed by atoms with Gasteiger partial charge in [0.1, 0.15) is 0 Å². The third-order valence-electron chi connectivity index (χ3n) is 2.76. The molecule has 1 aromatic carbocycles. The van der Waals surface area contributed by atoms with Gasteiger partial charge in [0.15, 0.2) is 5.75 Å². The maximum atomic E-state index is 12.2. The summed E-state index contributed by atoms with van der Waals surface area (Å²) in [6.45, 7) is -1.56. The Labute approximate surface area is 119 Å². The molecule has 0 amide bonds. The van der Waals surface area contributed by atoms with E-state index in [4.69, 9.17) is 27.9 Å². The van der Waals surface area contributed by atoms with Crippen LogP contribution < -0.4 is 10.1 Å². The maximum absolute atomic E-state index is 12.2. The third-order valence-corrected chi connectivity index (χ3v) is 3.32. The largest absolute Gasteiger partial charge is 0.432 e. The van der Waals surface area contributed by atoms with E-state index in [1.165, 1.54) is 12.1 Å². The fourth-order valence-electron chi connectivity index (χ4n) is 1.90. The molecule has 0 spiro atoms. The molecule has 1 aromatic rings. The number of anilines is 1. The molecule has 0 aliphatic carbocycles. The van der Waals surface area contributed by atoms with Crippen molar-refractivity contribution in [3.63, 3.8) is 0 Å². The second-order valence-electron chi connectivity index (χ2n) is 4.16. The topological polar surface area (TPSA) is 30.5 Å². The van der Waals surface area contributed by atoms with Crippen molar-refractivity contribution in [2.45, 2.75) is 25.6 Å². The summed E-state index contributed by atoms with van der Waals surface area (Å²) >= 11 is 11.7. The van der Waals surface area contributed by atoms with Gasteiger partial charge in [-0.25, -0.2) is 0 Å². The van der Waals surface area contributed by atoms with Crippen molar-refractivity contribution in [3.8, 4) is 5.75 Å². The molecule has 1 unspecified atom stereocenters. The summed E-state index contributed by atoms with van der Waals surface area (Å²) in [6.07, 6.45) is 2.21. The number of rotatable bonds is 5. The number of alkyl halides is 2. The number of hydrogen-bond acceptors (Lipinski definition) is 3. The lowest BCUT2D eigenvalue weighted by Crippen LogP contribution is -2.18. The molecule has 106 valence electrons. The van der Waals surface area contributed by atoms with E-state index < -0.39 is 6.61 Å². The van der Waals surface area contributed by atoms with Crippen LogP contribution in [0.4, 0.5) is 14.5 Å². The highest BCUT2D eigenvalue weighted by atomic mass is 35.5. The van der Waals surface area contributed by atoms with E-state index in [1.807, 2.05) is 0 Å². The minimum atomic E-state index is -2.96. The minimum absolute atomic E-state index is 0.0441. The zero-order chi connectivity index (χ0) is 13.8. The molecule has 1 heterocycles. The van der Waals surface area contributed by atoms with E-state index in [0.29, 0.717) is 12.2 Å². The van der Waals surface area contributed by atoms with E-state index in [-0.39, 0.29) is 21.9 Å². The quantitative estimate of drug-likeness (QED) is 0.884. The molecule has 0 radical (unpaired) electrons. The van der Waals surface area contributed by atoms with E-state index in [1.54, 1.807) is 0 Å². The molecule has 1 saturated heterocycles. The van der Waals surface area contributed by atoms with Crippen molar-refractivity contribution in [2.75, 3.05) is 18.5 Å². The number of halogens is 4. The van der Waals surface area contributed by atoms with Crippen molar-refractivity contribution >= 4 is 28.9 Å². The van der Waals surface area contributed by atoms with Gasteiger partial charge in [0.25, 0.3) is 0 Å². The predicted molar refractivity (Wildman–Crippen MR) is 70.6 cm³/mol. The van der Waals surface area contributed by atoms with E-state index in [2.05, 4.69) is 10.1 Å². The van der Waals surface area contributed by atoms with Crippen LogP contribution in [-0.4, -0.2) is 25.9 Å². The number of benzene rings is 1. The highest BCUT2D eigenvalue weighted by Crippen LogP contribution is 2.37. The summed E-state index contributed by atoms with van der Waals surface area (Å²) < 4.78 is 34.0. The van der Waals surface area contributed by atoms with Gasteiger partial charge in [-0.1, -0.05) is 23.2 Å². The van der Waals surface area contributed by atoms with Crippen LogP contribution in [-0.2, 0) is 4.74 Å². The zero-order valence-electron chi connectivity index (χ0n) is 9.97. The summed E-state index contributed by atoms with van der Waals surface area (Å²) in [4.78, 5) is 0. The van der Waals surface area contributed by atoms with E-state index in [0.717, 1.165) is 19.4 Å². The van der Waals surface area contributed by atoms with Gasteiger partial charge >= 0.3 is 6.61 Å². The first-order valence-corrected chi connectivity index (χ1v) is 6.61. The predicted octanol–water partition coefficient (Wildman–Crippen LogP) is 4.19. The van der Waals surface area contributed by atoms with Gasteiger partial charge < -0.3 is 14.8 Å². The van der Waals surface area contributed by atoms with Crippen LogP contribution in [0, 0.1) is 0 Å². The Bertz CT molecular complexity index is 417. The number of hydrogen-bond donors (Lipinski definition) is 1. The van der Waals surface area contributed by atoms with Gasteiger partial charge in [0.2, 0.25) is 0 Å². The van der Waals surface area contributed by atoms with Crippen LogP contribution in [0.2, 0.25) is 10.0 Å². The first-order valence-electron chi connectivity index (χ1n) is 5.85. The molecular formula is C12H13Cl2F2NO2. The lowest BCUT2D eigenvalue weighted by Gasteiger charge is -2.14. The number of ether oxygens (including phenoxy) is 2. The molecular weight excluding hydrogens is 299 g/mol. The average Bonchev–Trinajstić information content (AvgIpc) is 2.84. The van der Waals surface area contributed by atoms with E-state index in [9.17, 15) is 8.78 Å². The monoisotopic (exact) mass is 311 g/mol. The smallest absolute Gasteiger partial charge is 0.387 e. The van der Waals surface area contributed by atoms with E-state index >= 15 is 0 Å². The molecule has 1 atom stereocenters. The summed E-state index contributed by atoms with van der Waals surface area (Å²) in [6, 6.07) is 3.00. The Hall–Kier alpha value is -0.780. The molecule has 0 bridgehead atoms. The van der Waals surface area contributed by atoms with Crippen molar-refractivity contribution in [3.05, 3.63) is 22.2 Å². The van der Waals surface area contributed by atoms with Crippen LogP contribution in [0.15, 0.2) is 12.1 Å². The van der Waals surface area contributed by atoms with Gasteiger partial charge in [-0.3, -0.25) is 0 Å². The summed E-state index contributed by atoms with van der Waals surface area (Å²) in [5, 5.41) is 3.20. The highest BCUT2D eigenvalue weighted by Gasteiger charge is 2.17. The van der Waals surface area contributed by atoms with Crippen LogP contribution in [0.3, 0.4) is 0 Å². The first kappa shape index (κ1) is 14.6. The normalized spacial score (nSPS) is 18.9. The van der Waals surface area contributed by atoms with Gasteiger partial charge in [0, 0.05) is 18.8 Å². The van der Waals surface area contributed by atoms with Gasteiger partial charge in [0.05, 0.1) is 16.1 Å². The Morgan fingerprint density at radius 2 is 2.05 bits per heavy atom. The summed E-state index contributed by atoms with van der Waals surface area (Å²) in [7, 11) is 0. The molecule has 1 aliphatic heterocycles. The van der Waals surface area contributed by atoms with Crippen LogP contribution in [0.5, 0.6) is 5.75 Å². The van der Waals surface area contributed by atoms with Crippen LogP contribution >= 0.6 is 23.2 Å². The van der Waals surface area contributed by atoms with Crippen LogP contribution in [0.25, 0.3) is 0 Å². The fourth-order valence-corrected chi connectivity index (χ4v) is 2.48. The lowest BCUT2D eigenvalue weighted by atomic mass is 10.2. The van der Waals surface area contributed by atoms with Gasteiger partial charge in [-0.15, -0.1) is 0 Å². The zero-order valence-corrected chi connectivity index (χ0v) is 11.5. The molecule has 7 heteroatoms.